The molecule has 0 aliphatic heterocycles. The molecular weight excluding hydrogens is 376 g/mol. The first-order valence-electron chi connectivity index (χ1n) is 9.46. The van der Waals surface area contributed by atoms with Gasteiger partial charge in [0.05, 0.1) is 18.1 Å². The van der Waals surface area contributed by atoms with Crippen molar-refractivity contribution in [3.63, 3.8) is 0 Å². The summed E-state index contributed by atoms with van der Waals surface area (Å²) in [5.74, 6) is 1.42. The zero-order valence-corrected chi connectivity index (χ0v) is 16.4. The highest BCUT2D eigenvalue weighted by molar-refractivity contribution is 6.03. The fourth-order valence-corrected chi connectivity index (χ4v) is 2.84. The SMILES string of the molecule is Cc1cccc(Nc2cnc(C(=O)Nc3ccccc3Oc3ccccc3)cn2)c1. The molecule has 4 aromatic rings. The second-order valence-electron chi connectivity index (χ2n) is 6.65. The molecule has 1 aromatic heterocycles. The van der Waals surface area contributed by atoms with Crippen LogP contribution in [0.2, 0.25) is 0 Å². The molecule has 0 saturated carbocycles. The summed E-state index contributed by atoms with van der Waals surface area (Å²) >= 11 is 0. The number of benzene rings is 3. The van der Waals surface area contributed by atoms with Crippen molar-refractivity contribution in [1.29, 1.82) is 0 Å². The highest BCUT2D eigenvalue weighted by Gasteiger charge is 2.12. The van der Waals surface area contributed by atoms with Crippen LogP contribution in [0.5, 0.6) is 11.5 Å². The van der Waals surface area contributed by atoms with E-state index in [1.807, 2.05) is 73.7 Å². The fourth-order valence-electron chi connectivity index (χ4n) is 2.84. The van der Waals surface area contributed by atoms with E-state index in [2.05, 4.69) is 20.6 Å². The summed E-state index contributed by atoms with van der Waals surface area (Å²) in [6, 6.07) is 24.6. The molecule has 0 aliphatic carbocycles. The van der Waals surface area contributed by atoms with E-state index in [1.54, 1.807) is 12.1 Å². The number of ether oxygens (including phenoxy) is 1. The van der Waals surface area contributed by atoms with E-state index < -0.39 is 0 Å². The molecule has 1 heterocycles. The number of hydrogen-bond acceptors (Lipinski definition) is 5. The third-order valence-electron chi connectivity index (χ3n) is 4.28. The van der Waals surface area contributed by atoms with Crippen LogP contribution in [0.4, 0.5) is 17.2 Å². The maximum atomic E-state index is 12.6. The van der Waals surface area contributed by atoms with Crippen molar-refractivity contribution in [2.45, 2.75) is 6.92 Å². The highest BCUT2D eigenvalue weighted by Crippen LogP contribution is 2.29. The lowest BCUT2D eigenvalue weighted by atomic mass is 10.2. The highest BCUT2D eigenvalue weighted by atomic mass is 16.5. The maximum Gasteiger partial charge on any atom is 0.275 e. The number of carbonyl (C=O) groups is 1. The van der Waals surface area contributed by atoms with Gasteiger partial charge in [0.25, 0.3) is 5.91 Å². The summed E-state index contributed by atoms with van der Waals surface area (Å²) in [6.07, 6.45) is 2.97. The maximum absolute atomic E-state index is 12.6. The Morgan fingerprint density at radius 1 is 0.867 bits per heavy atom. The van der Waals surface area contributed by atoms with Gasteiger partial charge >= 0.3 is 0 Å². The zero-order valence-electron chi connectivity index (χ0n) is 16.4. The molecule has 0 fully saturated rings. The van der Waals surface area contributed by atoms with E-state index in [1.165, 1.54) is 12.4 Å². The lowest BCUT2D eigenvalue weighted by Crippen LogP contribution is -2.14. The van der Waals surface area contributed by atoms with Crippen LogP contribution in [0.25, 0.3) is 0 Å². The summed E-state index contributed by atoms with van der Waals surface area (Å²) in [6.45, 7) is 2.02. The number of aryl methyl sites for hydroxylation is 1. The summed E-state index contributed by atoms with van der Waals surface area (Å²) in [5, 5.41) is 6.01. The first-order valence-corrected chi connectivity index (χ1v) is 9.46. The van der Waals surface area contributed by atoms with Gasteiger partial charge < -0.3 is 15.4 Å². The Morgan fingerprint density at radius 2 is 1.67 bits per heavy atom. The Labute approximate surface area is 174 Å². The van der Waals surface area contributed by atoms with Crippen molar-refractivity contribution in [3.05, 3.63) is 103 Å². The molecule has 3 aromatic carbocycles. The molecule has 4 rings (SSSR count). The number of aromatic nitrogens is 2. The number of para-hydroxylation sites is 3. The van der Waals surface area contributed by atoms with E-state index in [0.29, 0.717) is 23.0 Å². The van der Waals surface area contributed by atoms with Crippen LogP contribution in [-0.4, -0.2) is 15.9 Å². The van der Waals surface area contributed by atoms with Crippen LogP contribution in [0.15, 0.2) is 91.3 Å². The third kappa shape index (κ3) is 4.80. The molecule has 0 aliphatic rings. The molecule has 0 spiro atoms. The molecule has 6 nitrogen and oxygen atoms in total. The van der Waals surface area contributed by atoms with Crippen LogP contribution in [-0.2, 0) is 0 Å². The predicted octanol–water partition coefficient (Wildman–Crippen LogP) is 5.57. The van der Waals surface area contributed by atoms with Gasteiger partial charge in [-0.05, 0) is 48.9 Å². The van der Waals surface area contributed by atoms with E-state index in [9.17, 15) is 4.79 Å². The lowest BCUT2D eigenvalue weighted by Gasteiger charge is -2.12. The number of nitrogens with one attached hydrogen (secondary N) is 2. The molecule has 0 atom stereocenters. The smallest absolute Gasteiger partial charge is 0.275 e. The molecule has 2 N–H and O–H groups in total. The number of nitrogens with zero attached hydrogens (tertiary/aromatic N) is 2. The molecule has 0 bridgehead atoms. The predicted molar refractivity (Wildman–Crippen MR) is 117 cm³/mol. The Bertz CT molecular complexity index is 1150. The van der Waals surface area contributed by atoms with Gasteiger partial charge in [0, 0.05) is 5.69 Å². The second kappa shape index (κ2) is 8.87. The van der Waals surface area contributed by atoms with E-state index in [0.717, 1.165) is 11.3 Å². The van der Waals surface area contributed by atoms with Gasteiger partial charge in [-0.3, -0.25) is 4.79 Å². The number of carbonyl (C=O) groups excluding carboxylic acids is 1. The van der Waals surface area contributed by atoms with Crippen LogP contribution < -0.4 is 15.4 Å². The van der Waals surface area contributed by atoms with Gasteiger partial charge in [-0.1, -0.05) is 42.5 Å². The van der Waals surface area contributed by atoms with Crippen molar-refractivity contribution in [3.8, 4) is 11.5 Å². The lowest BCUT2D eigenvalue weighted by molar-refractivity contribution is 0.102. The van der Waals surface area contributed by atoms with Crippen LogP contribution in [0.3, 0.4) is 0 Å². The van der Waals surface area contributed by atoms with Crippen molar-refractivity contribution < 1.29 is 9.53 Å². The average molecular weight is 396 g/mol. The summed E-state index contributed by atoms with van der Waals surface area (Å²) in [7, 11) is 0. The van der Waals surface area contributed by atoms with Gasteiger partial charge in [-0.25, -0.2) is 9.97 Å². The van der Waals surface area contributed by atoms with E-state index in [-0.39, 0.29) is 11.6 Å². The Hall–Kier alpha value is -4.19. The summed E-state index contributed by atoms with van der Waals surface area (Å²) in [4.78, 5) is 21.2. The first kappa shape index (κ1) is 19.1. The molecule has 1 amide bonds. The first-order chi connectivity index (χ1) is 14.7. The van der Waals surface area contributed by atoms with Gasteiger partial charge in [-0.2, -0.15) is 0 Å². The molecule has 148 valence electrons. The number of hydrogen-bond donors (Lipinski definition) is 2. The van der Waals surface area contributed by atoms with Crippen molar-refractivity contribution in [1.82, 2.24) is 9.97 Å². The van der Waals surface area contributed by atoms with E-state index >= 15 is 0 Å². The Morgan fingerprint density at radius 3 is 2.43 bits per heavy atom. The molecular formula is C24H20N4O2. The van der Waals surface area contributed by atoms with Crippen molar-refractivity contribution >= 4 is 23.1 Å². The minimum Gasteiger partial charge on any atom is -0.455 e. The normalized spacial score (nSPS) is 10.3. The van der Waals surface area contributed by atoms with Gasteiger partial charge in [-0.15, -0.1) is 0 Å². The number of anilines is 3. The van der Waals surface area contributed by atoms with Crippen LogP contribution in [0, 0.1) is 6.92 Å². The van der Waals surface area contributed by atoms with Crippen molar-refractivity contribution in [2.24, 2.45) is 0 Å². The third-order valence-corrected chi connectivity index (χ3v) is 4.28. The topological polar surface area (TPSA) is 76.1 Å². The van der Waals surface area contributed by atoms with Gasteiger partial charge in [0.2, 0.25) is 0 Å². The molecule has 30 heavy (non-hydrogen) atoms. The largest absolute Gasteiger partial charge is 0.455 e. The van der Waals surface area contributed by atoms with Gasteiger partial charge in [0.15, 0.2) is 5.75 Å². The Kier molecular flexibility index (Phi) is 5.66. The van der Waals surface area contributed by atoms with Crippen LogP contribution in [0.1, 0.15) is 16.1 Å². The standard InChI is InChI=1S/C24H20N4O2/c1-17-8-7-9-18(14-17)27-23-16-25-21(15-26-23)24(29)28-20-12-5-6-13-22(20)30-19-10-3-2-4-11-19/h2-16H,1H3,(H,26,27)(H,28,29). The quantitative estimate of drug-likeness (QED) is 0.445. The molecule has 0 saturated heterocycles. The van der Waals surface area contributed by atoms with Crippen molar-refractivity contribution in [2.75, 3.05) is 10.6 Å². The molecule has 0 radical (unpaired) electrons. The minimum absolute atomic E-state index is 0.208. The molecule has 6 heteroatoms. The zero-order chi connectivity index (χ0) is 20.8. The minimum atomic E-state index is -0.367. The monoisotopic (exact) mass is 396 g/mol. The van der Waals surface area contributed by atoms with Crippen LogP contribution >= 0.6 is 0 Å². The Balaban J connectivity index is 1.45. The summed E-state index contributed by atoms with van der Waals surface area (Å²) < 4.78 is 5.88. The van der Waals surface area contributed by atoms with Gasteiger partial charge in [0.1, 0.15) is 17.3 Å². The number of rotatable bonds is 6. The van der Waals surface area contributed by atoms with E-state index in [4.69, 9.17) is 4.74 Å². The number of amides is 1. The fraction of sp³-hybridized carbons (Fsp3) is 0.0417. The second-order valence-corrected chi connectivity index (χ2v) is 6.65. The average Bonchev–Trinajstić information content (AvgIpc) is 2.76. The summed E-state index contributed by atoms with van der Waals surface area (Å²) in [5.41, 5.74) is 2.81. The molecule has 0 unspecified atom stereocenters.